The minimum Gasteiger partial charge on any atom is -0.462 e. The lowest BCUT2D eigenvalue weighted by Gasteiger charge is -2.11. The van der Waals surface area contributed by atoms with Crippen LogP contribution >= 0.6 is 23.1 Å². The second kappa shape index (κ2) is 13.1. The van der Waals surface area contributed by atoms with Crippen LogP contribution in [0.4, 0.5) is 9.39 Å². The number of aromatic nitrogens is 3. The van der Waals surface area contributed by atoms with E-state index in [1.165, 1.54) is 23.5 Å². The van der Waals surface area contributed by atoms with Gasteiger partial charge in [-0.15, -0.1) is 21.5 Å². The molecule has 0 aliphatic heterocycles. The minimum atomic E-state index is -0.426. The number of ether oxygens (including phenoxy) is 1. The van der Waals surface area contributed by atoms with Crippen molar-refractivity contribution in [2.45, 2.75) is 44.3 Å². The number of esters is 1. The molecule has 9 nitrogen and oxygen atoms in total. The number of halogens is 1. The highest BCUT2D eigenvalue weighted by atomic mass is 32.2. The van der Waals surface area contributed by atoms with Crippen LogP contribution in [-0.4, -0.2) is 44.9 Å². The Labute approximate surface area is 244 Å². The monoisotopic (exact) mass is 593 g/mol. The van der Waals surface area contributed by atoms with E-state index < -0.39 is 11.8 Å². The van der Waals surface area contributed by atoms with Crippen LogP contribution in [0.25, 0.3) is 5.69 Å². The minimum absolute atomic E-state index is 0.00940. The molecule has 212 valence electrons. The topological polar surface area (TPSA) is 115 Å². The molecule has 2 aromatic heterocycles. The fourth-order valence-electron chi connectivity index (χ4n) is 4.58. The SMILES string of the molecule is CCOC(=O)c1c(NC(=O)CSc2nnc(CNC(=O)Cc3ccccc3)n2-c2ccc(F)cc2)sc2c1CCC2. The molecule has 0 bridgehead atoms. The smallest absolute Gasteiger partial charge is 0.341 e. The van der Waals surface area contributed by atoms with Crippen molar-refractivity contribution in [2.24, 2.45) is 0 Å². The zero-order valence-corrected chi connectivity index (χ0v) is 23.9. The molecular weight excluding hydrogens is 565 g/mol. The number of hydrogen-bond donors (Lipinski definition) is 2. The van der Waals surface area contributed by atoms with Crippen LogP contribution in [0.5, 0.6) is 0 Å². The Kier molecular flexibility index (Phi) is 9.10. The molecule has 1 aliphatic carbocycles. The van der Waals surface area contributed by atoms with Gasteiger partial charge in [0.25, 0.3) is 0 Å². The first-order valence-electron chi connectivity index (χ1n) is 13.2. The Bertz CT molecular complexity index is 1550. The summed E-state index contributed by atoms with van der Waals surface area (Å²) in [5, 5.41) is 15.1. The van der Waals surface area contributed by atoms with Gasteiger partial charge >= 0.3 is 5.97 Å². The molecule has 0 radical (unpaired) electrons. The quantitative estimate of drug-likeness (QED) is 0.191. The Balaban J connectivity index is 1.29. The van der Waals surface area contributed by atoms with Crippen LogP contribution in [0.3, 0.4) is 0 Å². The fraction of sp³-hybridized carbons (Fsp3) is 0.276. The van der Waals surface area contributed by atoms with Crippen LogP contribution in [-0.2, 0) is 40.1 Å². The van der Waals surface area contributed by atoms with Crippen LogP contribution < -0.4 is 10.6 Å². The highest BCUT2D eigenvalue weighted by molar-refractivity contribution is 7.99. The third kappa shape index (κ3) is 6.83. The number of thiophene rings is 1. The number of carbonyl (C=O) groups excluding carboxylic acids is 3. The molecule has 4 aromatic rings. The van der Waals surface area contributed by atoms with Crippen molar-refractivity contribution < 1.29 is 23.5 Å². The second-order valence-electron chi connectivity index (χ2n) is 9.27. The summed E-state index contributed by atoms with van der Waals surface area (Å²) in [7, 11) is 0. The van der Waals surface area contributed by atoms with Gasteiger partial charge in [0.2, 0.25) is 11.8 Å². The first-order valence-corrected chi connectivity index (χ1v) is 15.0. The molecule has 0 spiro atoms. The van der Waals surface area contributed by atoms with Gasteiger partial charge < -0.3 is 15.4 Å². The number of anilines is 1. The first kappa shape index (κ1) is 28.5. The van der Waals surface area contributed by atoms with E-state index in [4.69, 9.17) is 4.74 Å². The summed E-state index contributed by atoms with van der Waals surface area (Å²) < 4.78 is 20.6. The second-order valence-corrected chi connectivity index (χ2v) is 11.3. The van der Waals surface area contributed by atoms with Gasteiger partial charge in [-0.05, 0) is 61.6 Å². The lowest BCUT2D eigenvalue weighted by atomic mass is 10.1. The van der Waals surface area contributed by atoms with Gasteiger partial charge in [-0.25, -0.2) is 9.18 Å². The molecule has 2 heterocycles. The van der Waals surface area contributed by atoms with Crippen molar-refractivity contribution in [3.8, 4) is 5.69 Å². The average molecular weight is 594 g/mol. The molecular formula is C29H28FN5O4S2. The maximum atomic E-state index is 13.7. The van der Waals surface area contributed by atoms with Crippen molar-refractivity contribution in [1.82, 2.24) is 20.1 Å². The summed E-state index contributed by atoms with van der Waals surface area (Å²) in [5.41, 5.74) is 2.89. The molecule has 2 aromatic carbocycles. The normalized spacial score (nSPS) is 12.1. The van der Waals surface area contributed by atoms with Crippen molar-refractivity contribution in [3.63, 3.8) is 0 Å². The third-order valence-corrected chi connectivity index (χ3v) is 8.56. The van der Waals surface area contributed by atoms with Crippen molar-refractivity contribution >= 4 is 45.9 Å². The Morgan fingerprint density at radius 3 is 2.59 bits per heavy atom. The van der Waals surface area contributed by atoms with Crippen LogP contribution in [0.2, 0.25) is 0 Å². The number of rotatable bonds is 11. The molecule has 2 N–H and O–H groups in total. The number of carbonyl (C=O) groups is 3. The predicted octanol–water partition coefficient (Wildman–Crippen LogP) is 4.72. The maximum Gasteiger partial charge on any atom is 0.341 e. The van der Waals surface area contributed by atoms with E-state index in [1.807, 2.05) is 30.3 Å². The molecule has 2 amide bonds. The molecule has 41 heavy (non-hydrogen) atoms. The Morgan fingerprint density at radius 2 is 1.83 bits per heavy atom. The summed E-state index contributed by atoms with van der Waals surface area (Å²) in [6.07, 6.45) is 2.86. The van der Waals surface area contributed by atoms with E-state index in [0.717, 1.165) is 47.0 Å². The number of amides is 2. The summed E-state index contributed by atoms with van der Waals surface area (Å²) >= 11 is 2.56. The zero-order valence-electron chi connectivity index (χ0n) is 22.3. The summed E-state index contributed by atoms with van der Waals surface area (Å²) in [6, 6.07) is 15.2. The van der Waals surface area contributed by atoms with Gasteiger partial charge in [0.15, 0.2) is 11.0 Å². The van der Waals surface area contributed by atoms with Gasteiger partial charge in [0.05, 0.1) is 30.9 Å². The number of nitrogens with one attached hydrogen (secondary N) is 2. The van der Waals surface area contributed by atoms with Crippen molar-refractivity contribution in [3.05, 3.63) is 87.8 Å². The van der Waals surface area contributed by atoms with Crippen LogP contribution in [0.15, 0.2) is 59.8 Å². The summed E-state index contributed by atoms with van der Waals surface area (Å²) in [5.74, 6) is -0.895. The van der Waals surface area contributed by atoms with E-state index in [1.54, 1.807) is 23.6 Å². The molecule has 0 unspecified atom stereocenters. The zero-order chi connectivity index (χ0) is 28.8. The van der Waals surface area contributed by atoms with E-state index in [2.05, 4.69) is 20.8 Å². The number of hydrogen-bond acceptors (Lipinski definition) is 8. The number of fused-ring (bicyclic) bond motifs is 1. The third-order valence-electron chi connectivity index (χ3n) is 6.42. The van der Waals surface area contributed by atoms with E-state index in [0.29, 0.717) is 27.2 Å². The largest absolute Gasteiger partial charge is 0.462 e. The lowest BCUT2D eigenvalue weighted by molar-refractivity contribution is -0.120. The van der Waals surface area contributed by atoms with Crippen molar-refractivity contribution in [2.75, 3.05) is 17.7 Å². The highest BCUT2D eigenvalue weighted by Crippen LogP contribution is 2.39. The Morgan fingerprint density at radius 1 is 1.05 bits per heavy atom. The van der Waals surface area contributed by atoms with Gasteiger partial charge in [-0.2, -0.15) is 0 Å². The van der Waals surface area contributed by atoms with Crippen molar-refractivity contribution in [1.29, 1.82) is 0 Å². The van der Waals surface area contributed by atoms with E-state index in [9.17, 15) is 18.8 Å². The van der Waals surface area contributed by atoms with Gasteiger partial charge in [-0.3, -0.25) is 14.2 Å². The van der Waals surface area contributed by atoms with Gasteiger partial charge in [0.1, 0.15) is 10.8 Å². The Hall–Kier alpha value is -4.03. The number of thioether (sulfide) groups is 1. The molecule has 0 atom stereocenters. The molecule has 0 fully saturated rings. The summed E-state index contributed by atoms with van der Waals surface area (Å²) in [4.78, 5) is 39.3. The molecule has 5 rings (SSSR count). The summed E-state index contributed by atoms with van der Waals surface area (Å²) in [6.45, 7) is 2.09. The predicted molar refractivity (Wildman–Crippen MR) is 155 cm³/mol. The number of aryl methyl sites for hydroxylation is 1. The maximum absolute atomic E-state index is 13.7. The molecule has 0 saturated carbocycles. The fourth-order valence-corrected chi connectivity index (χ4v) is 6.65. The average Bonchev–Trinajstić information content (AvgIpc) is 3.66. The van der Waals surface area contributed by atoms with Crippen LogP contribution in [0, 0.1) is 5.82 Å². The first-order chi connectivity index (χ1) is 19.9. The lowest BCUT2D eigenvalue weighted by Crippen LogP contribution is -2.26. The molecule has 1 aliphatic rings. The van der Waals surface area contributed by atoms with E-state index in [-0.39, 0.29) is 37.1 Å². The van der Waals surface area contributed by atoms with Crippen LogP contribution in [0.1, 0.15) is 45.5 Å². The van der Waals surface area contributed by atoms with E-state index >= 15 is 0 Å². The molecule has 12 heteroatoms. The van der Waals surface area contributed by atoms with Gasteiger partial charge in [-0.1, -0.05) is 42.1 Å². The van der Waals surface area contributed by atoms with Gasteiger partial charge in [0, 0.05) is 10.6 Å². The molecule has 0 saturated heterocycles. The standard InChI is InChI=1S/C29H28FN5O4S2/c1-2-39-28(38)26-21-9-6-10-22(21)41-27(26)32-25(37)17-40-29-34-33-23(35(29)20-13-11-19(30)12-14-20)16-31-24(36)15-18-7-4-3-5-8-18/h3-5,7-8,11-14H,2,6,9-10,15-17H2,1H3,(H,31,36)(H,32,37). The number of benzene rings is 2. The number of nitrogens with zero attached hydrogens (tertiary/aromatic N) is 3. The highest BCUT2D eigenvalue weighted by Gasteiger charge is 2.28.